The summed E-state index contributed by atoms with van der Waals surface area (Å²) >= 11 is 0. The molecule has 0 spiro atoms. The summed E-state index contributed by atoms with van der Waals surface area (Å²) < 4.78 is 10.5. The molecule has 1 aromatic heterocycles. The van der Waals surface area contributed by atoms with Crippen molar-refractivity contribution in [1.29, 1.82) is 0 Å². The molecule has 1 heterocycles. The Labute approximate surface area is 126 Å². The van der Waals surface area contributed by atoms with E-state index in [1.165, 1.54) is 5.56 Å². The zero-order valence-corrected chi connectivity index (χ0v) is 12.8. The van der Waals surface area contributed by atoms with Gasteiger partial charge in [0, 0.05) is 12.2 Å². The number of hydrogen-bond acceptors (Lipinski definition) is 4. The Morgan fingerprint density at radius 3 is 2.38 bits per heavy atom. The molecule has 4 nitrogen and oxygen atoms in total. The van der Waals surface area contributed by atoms with Crippen molar-refractivity contribution in [3.63, 3.8) is 0 Å². The van der Waals surface area contributed by atoms with Crippen molar-refractivity contribution in [3.05, 3.63) is 53.9 Å². The van der Waals surface area contributed by atoms with Gasteiger partial charge in [0.25, 0.3) is 0 Å². The largest absolute Gasteiger partial charge is 0.497 e. The van der Waals surface area contributed by atoms with Crippen LogP contribution in [0.5, 0.6) is 11.5 Å². The lowest BCUT2D eigenvalue weighted by Gasteiger charge is -2.19. The molecule has 1 unspecified atom stereocenters. The highest BCUT2D eigenvalue weighted by molar-refractivity contribution is 5.31. The smallest absolute Gasteiger partial charge is 0.137 e. The Bertz CT molecular complexity index is 555. The fourth-order valence-corrected chi connectivity index (χ4v) is 2.29. The number of ether oxygens (including phenoxy) is 2. The molecule has 1 aromatic carbocycles. The third-order valence-electron chi connectivity index (χ3n) is 3.42. The highest BCUT2D eigenvalue weighted by Crippen LogP contribution is 2.22. The molecule has 0 saturated carbocycles. The van der Waals surface area contributed by atoms with E-state index < -0.39 is 0 Å². The molecule has 0 amide bonds. The van der Waals surface area contributed by atoms with Gasteiger partial charge in [-0.15, -0.1) is 0 Å². The SMILES string of the molecule is CCNC(Cc1ccc(OC)cc1)c1cncc(OC)c1. The summed E-state index contributed by atoms with van der Waals surface area (Å²) in [4.78, 5) is 4.24. The molecule has 21 heavy (non-hydrogen) atoms. The van der Waals surface area contributed by atoms with Crippen molar-refractivity contribution in [2.75, 3.05) is 20.8 Å². The van der Waals surface area contributed by atoms with Crippen molar-refractivity contribution in [1.82, 2.24) is 10.3 Å². The van der Waals surface area contributed by atoms with Crippen LogP contribution in [0.3, 0.4) is 0 Å². The normalized spacial score (nSPS) is 12.0. The Morgan fingerprint density at radius 2 is 1.76 bits per heavy atom. The van der Waals surface area contributed by atoms with Gasteiger partial charge in [0.15, 0.2) is 0 Å². The highest BCUT2D eigenvalue weighted by Gasteiger charge is 2.12. The second-order valence-corrected chi connectivity index (χ2v) is 4.82. The van der Waals surface area contributed by atoms with Crippen LogP contribution in [0.2, 0.25) is 0 Å². The van der Waals surface area contributed by atoms with Gasteiger partial charge in [0.2, 0.25) is 0 Å². The van der Waals surface area contributed by atoms with E-state index in [1.54, 1.807) is 20.4 Å². The van der Waals surface area contributed by atoms with Gasteiger partial charge in [-0.25, -0.2) is 0 Å². The summed E-state index contributed by atoms with van der Waals surface area (Å²) in [7, 11) is 3.34. The number of likely N-dealkylation sites (N-methyl/N-ethyl adjacent to an activating group) is 1. The summed E-state index contributed by atoms with van der Waals surface area (Å²) in [5, 5.41) is 3.50. The van der Waals surface area contributed by atoms with Crippen LogP contribution in [0.1, 0.15) is 24.1 Å². The van der Waals surface area contributed by atoms with Gasteiger partial charge in [0.05, 0.1) is 20.4 Å². The monoisotopic (exact) mass is 286 g/mol. The first-order valence-electron chi connectivity index (χ1n) is 7.12. The van der Waals surface area contributed by atoms with Crippen molar-refractivity contribution in [3.8, 4) is 11.5 Å². The lowest BCUT2D eigenvalue weighted by Crippen LogP contribution is -2.23. The molecule has 0 radical (unpaired) electrons. The van der Waals surface area contributed by atoms with Gasteiger partial charge in [-0.3, -0.25) is 4.98 Å². The van der Waals surface area contributed by atoms with Crippen LogP contribution >= 0.6 is 0 Å². The lowest BCUT2D eigenvalue weighted by molar-refractivity contribution is 0.410. The molecule has 0 fully saturated rings. The number of nitrogens with zero attached hydrogens (tertiary/aromatic N) is 1. The Hall–Kier alpha value is -2.07. The molecule has 2 aromatic rings. The number of aromatic nitrogens is 1. The number of rotatable bonds is 7. The first-order valence-corrected chi connectivity index (χ1v) is 7.12. The number of nitrogens with one attached hydrogen (secondary N) is 1. The van der Waals surface area contributed by atoms with Crippen molar-refractivity contribution in [2.24, 2.45) is 0 Å². The van der Waals surface area contributed by atoms with E-state index in [4.69, 9.17) is 9.47 Å². The van der Waals surface area contributed by atoms with E-state index in [0.717, 1.165) is 30.0 Å². The quantitative estimate of drug-likeness (QED) is 0.849. The van der Waals surface area contributed by atoms with Crippen molar-refractivity contribution < 1.29 is 9.47 Å². The van der Waals surface area contributed by atoms with Gasteiger partial charge in [-0.1, -0.05) is 19.1 Å². The molecule has 0 aliphatic heterocycles. The first kappa shape index (κ1) is 15.3. The molecule has 0 bridgehead atoms. The van der Waals surface area contributed by atoms with E-state index in [9.17, 15) is 0 Å². The van der Waals surface area contributed by atoms with Crippen LogP contribution in [0.25, 0.3) is 0 Å². The highest BCUT2D eigenvalue weighted by atomic mass is 16.5. The maximum absolute atomic E-state index is 5.26. The van der Waals surface area contributed by atoms with Gasteiger partial charge in [0.1, 0.15) is 11.5 Å². The molecule has 0 aliphatic carbocycles. The van der Waals surface area contributed by atoms with E-state index in [-0.39, 0.29) is 6.04 Å². The van der Waals surface area contributed by atoms with Crippen LogP contribution in [0, 0.1) is 0 Å². The van der Waals surface area contributed by atoms with E-state index in [2.05, 4.69) is 29.4 Å². The van der Waals surface area contributed by atoms with Gasteiger partial charge in [-0.05, 0) is 42.3 Å². The van der Waals surface area contributed by atoms with Gasteiger partial charge >= 0.3 is 0 Å². The first-order chi connectivity index (χ1) is 10.3. The van der Waals surface area contributed by atoms with Gasteiger partial charge in [-0.2, -0.15) is 0 Å². The molecule has 1 N–H and O–H groups in total. The topological polar surface area (TPSA) is 43.4 Å². The van der Waals surface area contributed by atoms with Crippen molar-refractivity contribution in [2.45, 2.75) is 19.4 Å². The van der Waals surface area contributed by atoms with E-state index in [1.807, 2.05) is 24.4 Å². The van der Waals surface area contributed by atoms with Crippen molar-refractivity contribution >= 4 is 0 Å². The third kappa shape index (κ3) is 4.20. The number of methoxy groups -OCH3 is 2. The minimum atomic E-state index is 0.214. The molecule has 112 valence electrons. The molecule has 4 heteroatoms. The Balaban J connectivity index is 2.17. The van der Waals surface area contributed by atoms with Crippen LogP contribution < -0.4 is 14.8 Å². The fourth-order valence-electron chi connectivity index (χ4n) is 2.29. The minimum absolute atomic E-state index is 0.214. The molecule has 1 atom stereocenters. The Kier molecular flexibility index (Phi) is 5.58. The molecule has 2 rings (SSSR count). The molecule has 0 aliphatic rings. The maximum atomic E-state index is 5.26. The number of benzene rings is 1. The summed E-state index contributed by atoms with van der Waals surface area (Å²) in [6.07, 6.45) is 4.51. The fraction of sp³-hybridized carbons (Fsp3) is 0.353. The number of hydrogen-bond donors (Lipinski definition) is 1. The maximum Gasteiger partial charge on any atom is 0.137 e. The average molecular weight is 286 g/mol. The zero-order valence-electron chi connectivity index (χ0n) is 12.8. The summed E-state index contributed by atoms with van der Waals surface area (Å²) in [5.74, 6) is 1.66. The number of pyridine rings is 1. The Morgan fingerprint density at radius 1 is 1.05 bits per heavy atom. The van der Waals surface area contributed by atoms with E-state index in [0.29, 0.717) is 0 Å². The van der Waals surface area contributed by atoms with Crippen LogP contribution in [0.4, 0.5) is 0 Å². The van der Waals surface area contributed by atoms with Crippen LogP contribution in [-0.4, -0.2) is 25.7 Å². The molecular weight excluding hydrogens is 264 g/mol. The minimum Gasteiger partial charge on any atom is -0.497 e. The van der Waals surface area contributed by atoms with Gasteiger partial charge < -0.3 is 14.8 Å². The third-order valence-corrected chi connectivity index (χ3v) is 3.42. The predicted octanol–water partition coefficient (Wildman–Crippen LogP) is 2.99. The van der Waals surface area contributed by atoms with Crippen LogP contribution in [0.15, 0.2) is 42.7 Å². The lowest BCUT2D eigenvalue weighted by atomic mass is 10.00. The van der Waals surface area contributed by atoms with Crippen LogP contribution in [-0.2, 0) is 6.42 Å². The van der Waals surface area contributed by atoms with E-state index >= 15 is 0 Å². The second kappa shape index (κ2) is 7.64. The summed E-state index contributed by atoms with van der Waals surface area (Å²) in [6, 6.07) is 10.4. The standard InChI is InChI=1S/C17H22N2O2/c1-4-19-17(14-10-16(21-3)12-18-11-14)9-13-5-7-15(20-2)8-6-13/h5-8,10-12,17,19H,4,9H2,1-3H3. The molecular formula is C17H22N2O2. The average Bonchev–Trinajstić information content (AvgIpc) is 2.55. The zero-order chi connectivity index (χ0) is 15.1. The summed E-state index contributed by atoms with van der Waals surface area (Å²) in [5.41, 5.74) is 2.39. The predicted molar refractivity (Wildman–Crippen MR) is 83.9 cm³/mol. The second-order valence-electron chi connectivity index (χ2n) is 4.82. The summed E-state index contributed by atoms with van der Waals surface area (Å²) in [6.45, 7) is 3.01. The molecule has 0 saturated heterocycles.